The zero-order chi connectivity index (χ0) is 21.6. The number of rotatable bonds is 7. The molecule has 31 heavy (non-hydrogen) atoms. The van der Waals surface area contributed by atoms with E-state index in [9.17, 15) is 14.7 Å². The first-order valence-corrected chi connectivity index (χ1v) is 10.5. The first-order chi connectivity index (χ1) is 15.1. The molecule has 1 unspecified atom stereocenters. The Labute approximate surface area is 181 Å². The number of nitrogens with zero attached hydrogens (tertiary/aromatic N) is 1. The molecule has 5 nitrogen and oxygen atoms in total. The van der Waals surface area contributed by atoms with Crippen LogP contribution in [-0.4, -0.2) is 41.6 Å². The van der Waals surface area contributed by atoms with E-state index in [1.54, 1.807) is 0 Å². The van der Waals surface area contributed by atoms with Crippen LogP contribution in [0.2, 0.25) is 0 Å². The second-order valence-corrected chi connectivity index (χ2v) is 7.76. The average Bonchev–Trinajstić information content (AvgIpc) is 2.81. The van der Waals surface area contributed by atoms with E-state index in [-0.39, 0.29) is 18.2 Å². The van der Waals surface area contributed by atoms with Gasteiger partial charge in [-0.15, -0.1) is 0 Å². The Morgan fingerprint density at radius 1 is 0.968 bits per heavy atom. The normalized spacial score (nSPS) is 14.7. The number of amides is 1. The molecule has 0 fully saturated rings. The SMILES string of the molecule is O=C(O)CC(COc1ccccc1)C1=CCN(C(=O)c2ccc3ccccc3c2)CC1. The van der Waals surface area contributed by atoms with Crippen LogP contribution in [-0.2, 0) is 4.79 Å². The summed E-state index contributed by atoms with van der Waals surface area (Å²) < 4.78 is 5.82. The van der Waals surface area contributed by atoms with Crippen molar-refractivity contribution in [3.63, 3.8) is 0 Å². The maximum absolute atomic E-state index is 13.0. The van der Waals surface area contributed by atoms with Crippen LogP contribution in [0.3, 0.4) is 0 Å². The average molecular weight is 415 g/mol. The Hall–Kier alpha value is -3.60. The van der Waals surface area contributed by atoms with Gasteiger partial charge in [-0.1, -0.05) is 60.2 Å². The van der Waals surface area contributed by atoms with Crippen molar-refractivity contribution in [2.24, 2.45) is 5.92 Å². The van der Waals surface area contributed by atoms with Gasteiger partial charge in [-0.2, -0.15) is 0 Å². The van der Waals surface area contributed by atoms with Gasteiger partial charge in [-0.05, 0) is 41.5 Å². The maximum Gasteiger partial charge on any atom is 0.304 e. The van der Waals surface area contributed by atoms with Gasteiger partial charge in [0.05, 0.1) is 13.0 Å². The van der Waals surface area contributed by atoms with Gasteiger partial charge in [-0.25, -0.2) is 0 Å². The molecule has 3 aromatic carbocycles. The molecule has 0 radical (unpaired) electrons. The number of para-hydroxylation sites is 1. The highest BCUT2D eigenvalue weighted by Gasteiger charge is 2.25. The predicted octanol–water partition coefficient (Wildman–Crippen LogP) is 4.78. The number of carbonyl (C=O) groups excluding carboxylic acids is 1. The highest BCUT2D eigenvalue weighted by atomic mass is 16.5. The molecular weight excluding hydrogens is 390 g/mol. The zero-order valence-corrected chi connectivity index (χ0v) is 17.2. The van der Waals surface area contributed by atoms with Crippen molar-refractivity contribution in [3.05, 3.63) is 90.0 Å². The molecule has 158 valence electrons. The monoisotopic (exact) mass is 415 g/mol. The number of hydrogen-bond acceptors (Lipinski definition) is 3. The Kier molecular flexibility index (Phi) is 6.32. The van der Waals surface area contributed by atoms with E-state index >= 15 is 0 Å². The van der Waals surface area contributed by atoms with E-state index in [1.165, 1.54) is 0 Å². The van der Waals surface area contributed by atoms with E-state index in [1.807, 2.05) is 83.8 Å². The largest absolute Gasteiger partial charge is 0.493 e. The predicted molar refractivity (Wildman–Crippen MR) is 120 cm³/mol. The summed E-state index contributed by atoms with van der Waals surface area (Å²) in [4.78, 5) is 26.2. The zero-order valence-electron chi connectivity index (χ0n) is 17.2. The van der Waals surface area contributed by atoms with Crippen molar-refractivity contribution >= 4 is 22.6 Å². The van der Waals surface area contributed by atoms with Crippen molar-refractivity contribution in [1.29, 1.82) is 0 Å². The molecule has 0 saturated heterocycles. The van der Waals surface area contributed by atoms with Crippen molar-refractivity contribution < 1.29 is 19.4 Å². The fraction of sp³-hybridized carbons (Fsp3) is 0.231. The van der Waals surface area contributed by atoms with Gasteiger partial charge in [0.15, 0.2) is 0 Å². The van der Waals surface area contributed by atoms with E-state index in [4.69, 9.17) is 4.74 Å². The van der Waals surface area contributed by atoms with Crippen LogP contribution in [0.25, 0.3) is 10.8 Å². The van der Waals surface area contributed by atoms with Crippen molar-refractivity contribution in [2.45, 2.75) is 12.8 Å². The Morgan fingerprint density at radius 3 is 2.42 bits per heavy atom. The van der Waals surface area contributed by atoms with Crippen molar-refractivity contribution in [3.8, 4) is 5.75 Å². The third-order valence-corrected chi connectivity index (χ3v) is 5.67. The summed E-state index contributed by atoms with van der Waals surface area (Å²) in [5.74, 6) is -0.341. The van der Waals surface area contributed by atoms with Crippen LogP contribution in [0, 0.1) is 5.92 Å². The van der Waals surface area contributed by atoms with Crippen molar-refractivity contribution in [2.75, 3.05) is 19.7 Å². The highest BCUT2D eigenvalue weighted by molar-refractivity contribution is 5.98. The number of carbonyl (C=O) groups is 2. The van der Waals surface area contributed by atoms with Crippen LogP contribution in [0.4, 0.5) is 0 Å². The lowest BCUT2D eigenvalue weighted by atomic mass is 9.91. The molecule has 5 heteroatoms. The summed E-state index contributed by atoms with van der Waals surface area (Å²) in [6.07, 6.45) is 2.65. The third-order valence-electron chi connectivity index (χ3n) is 5.67. The summed E-state index contributed by atoms with van der Waals surface area (Å²) in [5.41, 5.74) is 1.71. The lowest BCUT2D eigenvalue weighted by Gasteiger charge is -2.30. The lowest BCUT2D eigenvalue weighted by molar-refractivity contribution is -0.138. The molecule has 1 amide bonds. The molecule has 0 saturated carbocycles. The Balaban J connectivity index is 1.43. The fourth-order valence-electron chi connectivity index (χ4n) is 3.97. The second-order valence-electron chi connectivity index (χ2n) is 7.76. The van der Waals surface area contributed by atoms with Crippen LogP contribution in [0.1, 0.15) is 23.2 Å². The number of benzene rings is 3. The molecule has 0 spiro atoms. The van der Waals surface area contributed by atoms with E-state index in [2.05, 4.69) is 0 Å². The number of fused-ring (bicyclic) bond motifs is 1. The van der Waals surface area contributed by atoms with Gasteiger partial charge < -0.3 is 14.7 Å². The molecule has 0 bridgehead atoms. The minimum absolute atomic E-state index is 0.00336. The van der Waals surface area contributed by atoms with Gasteiger partial charge in [0.2, 0.25) is 0 Å². The van der Waals surface area contributed by atoms with E-state index < -0.39 is 5.97 Å². The van der Waals surface area contributed by atoms with Gasteiger partial charge in [-0.3, -0.25) is 9.59 Å². The Morgan fingerprint density at radius 2 is 1.71 bits per heavy atom. The smallest absolute Gasteiger partial charge is 0.304 e. The Bertz CT molecular complexity index is 1110. The molecule has 1 aliphatic heterocycles. The number of ether oxygens (including phenoxy) is 1. The summed E-state index contributed by atoms with van der Waals surface area (Å²) in [6.45, 7) is 1.35. The minimum Gasteiger partial charge on any atom is -0.493 e. The summed E-state index contributed by atoms with van der Waals surface area (Å²) in [5, 5.41) is 11.5. The standard InChI is InChI=1S/C26H25NO4/c28-25(29)17-23(18-31-24-8-2-1-3-9-24)20-12-14-27(15-13-20)26(30)22-11-10-19-6-4-5-7-21(19)16-22/h1-12,16,23H,13-15,17-18H2,(H,28,29). The van der Waals surface area contributed by atoms with Crippen LogP contribution < -0.4 is 4.74 Å². The molecule has 1 aliphatic rings. The van der Waals surface area contributed by atoms with Crippen LogP contribution in [0.15, 0.2) is 84.4 Å². The quantitative estimate of drug-likeness (QED) is 0.564. The highest BCUT2D eigenvalue weighted by Crippen LogP contribution is 2.25. The van der Waals surface area contributed by atoms with Gasteiger partial charge in [0.1, 0.15) is 5.75 Å². The first-order valence-electron chi connectivity index (χ1n) is 10.5. The van der Waals surface area contributed by atoms with Crippen LogP contribution in [0.5, 0.6) is 5.75 Å². The summed E-state index contributed by atoms with van der Waals surface area (Å²) in [6, 6.07) is 23.1. The number of carboxylic acid groups (broad SMARTS) is 1. The molecule has 3 aromatic rings. The molecule has 1 atom stereocenters. The molecule has 0 aliphatic carbocycles. The number of hydrogen-bond donors (Lipinski definition) is 1. The summed E-state index contributed by atoms with van der Waals surface area (Å²) >= 11 is 0. The lowest BCUT2D eigenvalue weighted by Crippen LogP contribution is -2.36. The topological polar surface area (TPSA) is 66.8 Å². The van der Waals surface area contributed by atoms with Gasteiger partial charge in [0.25, 0.3) is 5.91 Å². The fourth-order valence-corrected chi connectivity index (χ4v) is 3.97. The molecule has 1 heterocycles. The third kappa shape index (κ3) is 5.12. The molecule has 1 N–H and O–H groups in total. The first kappa shape index (κ1) is 20.7. The minimum atomic E-state index is -0.850. The van der Waals surface area contributed by atoms with Gasteiger partial charge in [0, 0.05) is 24.6 Å². The van der Waals surface area contributed by atoms with E-state index in [0.29, 0.717) is 31.7 Å². The summed E-state index contributed by atoms with van der Waals surface area (Å²) in [7, 11) is 0. The molecule has 4 rings (SSSR count). The molecular formula is C26H25NO4. The van der Waals surface area contributed by atoms with Crippen LogP contribution >= 0.6 is 0 Å². The van der Waals surface area contributed by atoms with Crippen molar-refractivity contribution in [1.82, 2.24) is 4.90 Å². The number of carboxylic acids is 1. The maximum atomic E-state index is 13.0. The van der Waals surface area contributed by atoms with E-state index in [0.717, 1.165) is 22.1 Å². The molecule has 0 aromatic heterocycles. The number of aliphatic carboxylic acids is 1. The second kappa shape index (κ2) is 9.47. The van der Waals surface area contributed by atoms with Gasteiger partial charge >= 0.3 is 5.97 Å².